The minimum absolute atomic E-state index is 0.180. The van der Waals surface area contributed by atoms with Gasteiger partial charge in [0.1, 0.15) is 5.75 Å². The van der Waals surface area contributed by atoms with E-state index in [-0.39, 0.29) is 6.10 Å². The second-order valence-corrected chi connectivity index (χ2v) is 8.02. The molecule has 1 fully saturated rings. The number of nitrogens with one attached hydrogen (secondary N) is 2. The van der Waals surface area contributed by atoms with Gasteiger partial charge in [-0.25, -0.2) is 4.99 Å². The van der Waals surface area contributed by atoms with Gasteiger partial charge in [-0.1, -0.05) is 36.4 Å². The molecular weight excluding hydrogens is 388 g/mol. The maximum atomic E-state index is 5.72. The zero-order chi connectivity index (χ0) is 21.9. The molecule has 0 bridgehead atoms. The number of hydrogen-bond acceptors (Lipinski definition) is 4. The predicted molar refractivity (Wildman–Crippen MR) is 126 cm³/mol. The molecule has 0 amide bonds. The van der Waals surface area contributed by atoms with E-state index >= 15 is 0 Å². The highest BCUT2D eigenvalue weighted by molar-refractivity contribution is 5.79. The zero-order valence-electron chi connectivity index (χ0n) is 19.1. The van der Waals surface area contributed by atoms with Crippen molar-refractivity contribution in [3.8, 4) is 5.75 Å². The molecule has 1 heterocycles. The molecule has 0 atom stereocenters. The number of rotatable bonds is 9. The van der Waals surface area contributed by atoms with Crippen molar-refractivity contribution < 1.29 is 9.47 Å². The third-order valence-corrected chi connectivity index (χ3v) is 5.12. The molecule has 2 aromatic carbocycles. The van der Waals surface area contributed by atoms with Gasteiger partial charge in [-0.3, -0.25) is 4.90 Å². The number of benzene rings is 2. The summed E-state index contributed by atoms with van der Waals surface area (Å²) in [6, 6.07) is 16.8. The van der Waals surface area contributed by atoms with E-state index in [2.05, 4.69) is 58.9 Å². The average molecular weight is 425 g/mol. The lowest BCUT2D eigenvalue weighted by Gasteiger charge is -2.27. The van der Waals surface area contributed by atoms with Crippen molar-refractivity contribution >= 4 is 5.96 Å². The van der Waals surface area contributed by atoms with Gasteiger partial charge < -0.3 is 20.1 Å². The maximum Gasteiger partial charge on any atom is 0.191 e. The summed E-state index contributed by atoms with van der Waals surface area (Å²) in [6.07, 6.45) is 0.180. The van der Waals surface area contributed by atoms with Crippen LogP contribution in [0.1, 0.15) is 37.5 Å². The minimum Gasteiger partial charge on any atom is -0.491 e. The van der Waals surface area contributed by atoms with Gasteiger partial charge in [0.15, 0.2) is 5.96 Å². The second-order valence-electron chi connectivity index (χ2n) is 8.02. The Morgan fingerprint density at radius 1 is 1.03 bits per heavy atom. The molecule has 1 aliphatic rings. The van der Waals surface area contributed by atoms with E-state index in [1.54, 1.807) is 0 Å². The van der Waals surface area contributed by atoms with Gasteiger partial charge in [0, 0.05) is 32.7 Å². The Balaban J connectivity index is 1.58. The Labute approximate surface area is 186 Å². The predicted octanol–water partition coefficient (Wildman–Crippen LogP) is 3.56. The number of hydrogen-bond donors (Lipinski definition) is 2. The lowest BCUT2D eigenvalue weighted by atomic mass is 10.1. The summed E-state index contributed by atoms with van der Waals surface area (Å²) in [5.74, 6) is 1.72. The van der Waals surface area contributed by atoms with Crippen molar-refractivity contribution in [2.24, 2.45) is 4.99 Å². The molecular formula is C25H36N4O2. The highest BCUT2D eigenvalue weighted by Crippen LogP contribution is 2.15. The molecule has 1 aliphatic heterocycles. The van der Waals surface area contributed by atoms with Crippen LogP contribution in [0.15, 0.2) is 53.5 Å². The topological polar surface area (TPSA) is 58.1 Å². The highest BCUT2D eigenvalue weighted by atomic mass is 16.5. The summed E-state index contributed by atoms with van der Waals surface area (Å²) in [7, 11) is 0. The Hall–Kier alpha value is -2.57. The smallest absolute Gasteiger partial charge is 0.191 e. The zero-order valence-corrected chi connectivity index (χ0v) is 19.1. The Kier molecular flexibility index (Phi) is 9.18. The van der Waals surface area contributed by atoms with Crippen LogP contribution < -0.4 is 15.4 Å². The van der Waals surface area contributed by atoms with Gasteiger partial charge in [0.25, 0.3) is 0 Å². The van der Waals surface area contributed by atoms with Crippen LogP contribution >= 0.6 is 0 Å². The Morgan fingerprint density at radius 3 is 2.42 bits per heavy atom. The molecule has 0 unspecified atom stereocenters. The quantitative estimate of drug-likeness (QED) is 0.476. The standard InChI is InChI=1S/C25H36N4O2/c1-4-26-25(27-17-21-9-11-24(12-10-21)31-20(2)3)28-18-22-7-5-6-8-23(22)19-29-13-15-30-16-14-29/h5-12,20H,4,13-19H2,1-3H3,(H2,26,27,28). The SMILES string of the molecule is CCNC(=NCc1ccc(OC(C)C)cc1)NCc1ccccc1CN1CCOCC1. The number of morpholine rings is 1. The van der Waals surface area contributed by atoms with Gasteiger partial charge in [-0.05, 0) is 49.6 Å². The van der Waals surface area contributed by atoms with Gasteiger partial charge >= 0.3 is 0 Å². The van der Waals surface area contributed by atoms with Crippen LogP contribution in [0.25, 0.3) is 0 Å². The van der Waals surface area contributed by atoms with Crippen LogP contribution in [0.3, 0.4) is 0 Å². The van der Waals surface area contributed by atoms with Crippen molar-refractivity contribution in [2.45, 2.75) is 46.5 Å². The summed E-state index contributed by atoms with van der Waals surface area (Å²) in [4.78, 5) is 7.21. The summed E-state index contributed by atoms with van der Waals surface area (Å²) in [5.41, 5.74) is 3.81. The lowest BCUT2D eigenvalue weighted by molar-refractivity contribution is 0.0341. The molecule has 2 aromatic rings. The van der Waals surface area contributed by atoms with Crippen LogP contribution in [0, 0.1) is 0 Å². The third-order valence-electron chi connectivity index (χ3n) is 5.12. The van der Waals surface area contributed by atoms with Crippen molar-refractivity contribution in [3.05, 3.63) is 65.2 Å². The summed E-state index contributed by atoms with van der Waals surface area (Å²) in [5, 5.41) is 6.84. The Morgan fingerprint density at radius 2 is 1.74 bits per heavy atom. The molecule has 0 spiro atoms. The fourth-order valence-electron chi connectivity index (χ4n) is 3.52. The largest absolute Gasteiger partial charge is 0.491 e. The fourth-order valence-corrected chi connectivity index (χ4v) is 3.52. The van der Waals surface area contributed by atoms with Gasteiger partial charge in [-0.15, -0.1) is 0 Å². The van der Waals surface area contributed by atoms with E-state index in [0.29, 0.717) is 6.54 Å². The first-order valence-corrected chi connectivity index (χ1v) is 11.3. The van der Waals surface area contributed by atoms with E-state index in [9.17, 15) is 0 Å². The number of aliphatic imine (C=N–C) groups is 1. The Bertz CT molecular complexity index is 815. The van der Waals surface area contributed by atoms with Gasteiger partial charge in [0.2, 0.25) is 0 Å². The molecule has 3 rings (SSSR count). The van der Waals surface area contributed by atoms with Crippen molar-refractivity contribution in [3.63, 3.8) is 0 Å². The van der Waals surface area contributed by atoms with Crippen molar-refractivity contribution in [1.82, 2.24) is 15.5 Å². The molecule has 0 aromatic heterocycles. The van der Waals surface area contributed by atoms with Crippen LogP contribution in [-0.4, -0.2) is 49.8 Å². The number of nitrogens with zero attached hydrogens (tertiary/aromatic N) is 2. The van der Waals surface area contributed by atoms with Crippen molar-refractivity contribution in [1.29, 1.82) is 0 Å². The normalized spacial score (nSPS) is 15.2. The maximum absolute atomic E-state index is 5.72. The third kappa shape index (κ3) is 7.89. The number of guanidine groups is 1. The van der Waals surface area contributed by atoms with Crippen LogP contribution in [0.2, 0.25) is 0 Å². The highest BCUT2D eigenvalue weighted by Gasteiger charge is 2.12. The summed E-state index contributed by atoms with van der Waals surface area (Å²) < 4.78 is 11.2. The monoisotopic (exact) mass is 424 g/mol. The first kappa shape index (κ1) is 23.1. The van der Waals surface area contributed by atoms with E-state index in [0.717, 1.165) is 63.2 Å². The van der Waals surface area contributed by atoms with Crippen LogP contribution in [-0.2, 0) is 24.4 Å². The fraction of sp³-hybridized carbons (Fsp3) is 0.480. The van der Waals surface area contributed by atoms with E-state index < -0.39 is 0 Å². The van der Waals surface area contributed by atoms with E-state index in [4.69, 9.17) is 14.5 Å². The molecule has 31 heavy (non-hydrogen) atoms. The molecule has 0 saturated carbocycles. The summed E-state index contributed by atoms with van der Waals surface area (Å²) in [6.45, 7) is 12.9. The van der Waals surface area contributed by atoms with Crippen LogP contribution in [0.5, 0.6) is 5.75 Å². The lowest BCUT2D eigenvalue weighted by Crippen LogP contribution is -2.38. The van der Waals surface area contributed by atoms with Gasteiger partial charge in [0.05, 0.1) is 25.9 Å². The number of ether oxygens (including phenoxy) is 2. The first-order valence-electron chi connectivity index (χ1n) is 11.3. The second kappa shape index (κ2) is 12.3. The van der Waals surface area contributed by atoms with Crippen LogP contribution in [0.4, 0.5) is 0 Å². The molecule has 0 aliphatic carbocycles. The molecule has 6 heteroatoms. The molecule has 1 saturated heterocycles. The molecule has 168 valence electrons. The van der Waals surface area contributed by atoms with E-state index in [1.807, 2.05) is 26.0 Å². The van der Waals surface area contributed by atoms with E-state index in [1.165, 1.54) is 11.1 Å². The van der Waals surface area contributed by atoms with Gasteiger partial charge in [-0.2, -0.15) is 0 Å². The average Bonchev–Trinajstić information content (AvgIpc) is 2.78. The van der Waals surface area contributed by atoms with Crippen molar-refractivity contribution in [2.75, 3.05) is 32.8 Å². The minimum atomic E-state index is 0.180. The summed E-state index contributed by atoms with van der Waals surface area (Å²) >= 11 is 0. The molecule has 6 nitrogen and oxygen atoms in total. The first-order chi connectivity index (χ1) is 15.1. The molecule has 2 N–H and O–H groups in total. The molecule has 0 radical (unpaired) electrons.